The van der Waals surface area contributed by atoms with Crippen LogP contribution >= 0.6 is 0 Å². The van der Waals surface area contributed by atoms with Crippen LogP contribution < -0.4 is 5.46 Å². The van der Waals surface area contributed by atoms with Crippen molar-refractivity contribution in [2.24, 2.45) is 0 Å². The molecule has 0 saturated carbocycles. The molecular weight excluding hydrogens is 387 g/mol. The van der Waals surface area contributed by atoms with Gasteiger partial charge >= 0.3 is 7.12 Å². The molecule has 0 aliphatic carbocycles. The fraction of sp³-hybridized carbons (Fsp3) is 0.381. The van der Waals surface area contributed by atoms with Gasteiger partial charge in [0.1, 0.15) is 0 Å². The Morgan fingerprint density at radius 2 is 1.55 bits per heavy atom. The largest absolute Gasteiger partial charge is 0.497 e. The molecule has 3 heterocycles. The van der Waals surface area contributed by atoms with E-state index >= 15 is 0 Å². The molecule has 1 aliphatic rings. The van der Waals surface area contributed by atoms with Crippen LogP contribution in [0.25, 0.3) is 10.9 Å². The highest BCUT2D eigenvalue weighted by Crippen LogP contribution is 2.37. The van der Waals surface area contributed by atoms with E-state index in [0.717, 1.165) is 16.4 Å². The number of nitrogens with zero attached hydrogens (tertiary/aromatic N) is 2. The van der Waals surface area contributed by atoms with Crippen molar-refractivity contribution in [3.63, 3.8) is 0 Å². The maximum atomic E-state index is 13.3. The maximum Gasteiger partial charge on any atom is 0.497 e. The third-order valence-electron chi connectivity index (χ3n) is 5.99. The van der Waals surface area contributed by atoms with Crippen molar-refractivity contribution in [2.75, 3.05) is 0 Å². The number of pyridine rings is 1. The fourth-order valence-electron chi connectivity index (χ4n) is 3.48. The summed E-state index contributed by atoms with van der Waals surface area (Å²) in [5.41, 5.74) is 1.90. The normalized spacial score (nSPS) is 18.5. The van der Waals surface area contributed by atoms with Gasteiger partial charge in [-0.3, -0.25) is 4.98 Å². The van der Waals surface area contributed by atoms with E-state index in [1.165, 1.54) is 3.97 Å². The molecule has 29 heavy (non-hydrogen) atoms. The average Bonchev–Trinajstić information content (AvgIpc) is 3.16. The molecule has 0 amide bonds. The second kappa shape index (κ2) is 6.42. The van der Waals surface area contributed by atoms with Gasteiger partial charge in [0.2, 0.25) is 0 Å². The van der Waals surface area contributed by atoms with Gasteiger partial charge in [-0.05, 0) is 59.7 Å². The third-order valence-corrected chi connectivity index (χ3v) is 7.68. The SMILES string of the molecule is Cc1ccc(S(=O)(=O)n2ccc3c(B4OC(C)(C)C(C)(C)O4)cnc(C)c32)cc1. The van der Waals surface area contributed by atoms with Crippen molar-refractivity contribution < 1.29 is 17.7 Å². The van der Waals surface area contributed by atoms with E-state index in [1.54, 1.807) is 49.6 Å². The molecule has 152 valence electrons. The number of fused-ring (bicyclic) bond motifs is 1. The van der Waals surface area contributed by atoms with Crippen LogP contribution in [-0.2, 0) is 19.3 Å². The van der Waals surface area contributed by atoms with Gasteiger partial charge in [0.15, 0.2) is 0 Å². The van der Waals surface area contributed by atoms with E-state index in [9.17, 15) is 8.42 Å². The lowest BCUT2D eigenvalue weighted by Gasteiger charge is -2.32. The quantitative estimate of drug-likeness (QED) is 0.618. The summed E-state index contributed by atoms with van der Waals surface area (Å²) in [6.07, 6.45) is 3.28. The molecule has 0 unspecified atom stereocenters. The van der Waals surface area contributed by atoms with E-state index in [2.05, 4.69) is 4.98 Å². The van der Waals surface area contributed by atoms with E-state index in [-0.39, 0.29) is 4.90 Å². The summed E-state index contributed by atoms with van der Waals surface area (Å²) in [6, 6.07) is 8.61. The molecule has 8 heteroatoms. The molecule has 4 rings (SSSR count). The molecule has 1 fully saturated rings. The number of benzene rings is 1. The number of hydrogen-bond donors (Lipinski definition) is 0. The number of aryl methyl sites for hydroxylation is 2. The van der Waals surface area contributed by atoms with Gasteiger partial charge in [-0.25, -0.2) is 12.4 Å². The van der Waals surface area contributed by atoms with Crippen LogP contribution in [0.4, 0.5) is 0 Å². The summed E-state index contributed by atoms with van der Waals surface area (Å²) < 4.78 is 40.2. The predicted octanol–water partition coefficient (Wildman–Crippen LogP) is 3.19. The van der Waals surface area contributed by atoms with Crippen molar-refractivity contribution in [1.82, 2.24) is 8.96 Å². The molecule has 0 N–H and O–H groups in total. The highest BCUT2D eigenvalue weighted by atomic mass is 32.2. The molecule has 0 atom stereocenters. The van der Waals surface area contributed by atoms with Crippen molar-refractivity contribution in [1.29, 1.82) is 0 Å². The second-order valence-corrected chi connectivity index (χ2v) is 10.4. The Kier molecular flexibility index (Phi) is 4.46. The minimum atomic E-state index is -3.75. The zero-order valence-corrected chi connectivity index (χ0v) is 18.4. The maximum absolute atomic E-state index is 13.3. The Balaban J connectivity index is 1.86. The van der Waals surface area contributed by atoms with Crippen molar-refractivity contribution >= 4 is 33.5 Å². The fourth-order valence-corrected chi connectivity index (χ4v) is 4.88. The molecule has 1 aromatic carbocycles. The molecule has 1 aliphatic heterocycles. The Hall–Kier alpha value is -2.16. The summed E-state index contributed by atoms with van der Waals surface area (Å²) in [6.45, 7) is 11.7. The number of rotatable bonds is 3. The van der Waals surface area contributed by atoms with Crippen LogP contribution in [0.15, 0.2) is 47.6 Å². The van der Waals surface area contributed by atoms with Crippen LogP contribution in [0.1, 0.15) is 39.0 Å². The topological polar surface area (TPSA) is 70.4 Å². The van der Waals surface area contributed by atoms with Gasteiger partial charge in [0.05, 0.1) is 27.3 Å². The van der Waals surface area contributed by atoms with Crippen molar-refractivity contribution in [3.05, 3.63) is 54.0 Å². The van der Waals surface area contributed by atoms with Gasteiger partial charge in [0.25, 0.3) is 10.0 Å². The van der Waals surface area contributed by atoms with Crippen molar-refractivity contribution in [3.8, 4) is 0 Å². The van der Waals surface area contributed by atoms with Crippen LogP contribution in [0.5, 0.6) is 0 Å². The zero-order chi connectivity index (χ0) is 21.2. The summed E-state index contributed by atoms with van der Waals surface area (Å²) in [4.78, 5) is 4.69. The molecule has 2 aromatic heterocycles. The number of aromatic nitrogens is 2. The van der Waals surface area contributed by atoms with Gasteiger partial charge in [-0.2, -0.15) is 0 Å². The lowest BCUT2D eigenvalue weighted by Crippen LogP contribution is -2.41. The van der Waals surface area contributed by atoms with Crippen molar-refractivity contribution in [2.45, 2.75) is 57.6 Å². The minimum absolute atomic E-state index is 0.237. The van der Waals surface area contributed by atoms with Gasteiger partial charge in [0, 0.05) is 23.2 Å². The number of hydrogen-bond acceptors (Lipinski definition) is 5. The Morgan fingerprint density at radius 1 is 0.966 bits per heavy atom. The highest BCUT2D eigenvalue weighted by molar-refractivity contribution is 7.90. The van der Waals surface area contributed by atoms with E-state index < -0.39 is 28.3 Å². The molecule has 0 spiro atoms. The van der Waals surface area contributed by atoms with Crippen LogP contribution in [-0.4, -0.2) is 35.7 Å². The second-order valence-electron chi connectivity index (χ2n) is 8.58. The summed E-state index contributed by atoms with van der Waals surface area (Å²) >= 11 is 0. The van der Waals surface area contributed by atoms with E-state index in [1.807, 2.05) is 34.6 Å². The van der Waals surface area contributed by atoms with Crippen LogP contribution in [0.2, 0.25) is 0 Å². The molecule has 0 bridgehead atoms. The first-order valence-corrected chi connectivity index (χ1v) is 11.0. The zero-order valence-electron chi connectivity index (χ0n) is 17.6. The third kappa shape index (κ3) is 3.10. The minimum Gasteiger partial charge on any atom is -0.399 e. The molecule has 3 aromatic rings. The van der Waals surface area contributed by atoms with Crippen LogP contribution in [0.3, 0.4) is 0 Å². The first-order chi connectivity index (χ1) is 13.4. The summed E-state index contributed by atoms with van der Waals surface area (Å²) in [5, 5.41) is 0.756. The summed E-state index contributed by atoms with van der Waals surface area (Å²) in [7, 11) is -4.37. The highest BCUT2D eigenvalue weighted by Gasteiger charge is 2.52. The monoisotopic (exact) mass is 412 g/mol. The van der Waals surface area contributed by atoms with Gasteiger partial charge in [-0.15, -0.1) is 0 Å². The summed E-state index contributed by atoms with van der Waals surface area (Å²) in [5.74, 6) is 0. The van der Waals surface area contributed by atoms with Gasteiger partial charge in [-0.1, -0.05) is 17.7 Å². The molecule has 1 saturated heterocycles. The first-order valence-electron chi connectivity index (χ1n) is 9.58. The smallest absolute Gasteiger partial charge is 0.399 e. The first kappa shape index (κ1) is 20.1. The Morgan fingerprint density at radius 3 is 2.14 bits per heavy atom. The van der Waals surface area contributed by atoms with Gasteiger partial charge < -0.3 is 9.31 Å². The standard InChI is InChI=1S/C21H25BN2O4S/c1-14-7-9-16(10-8-14)29(25,26)24-12-11-17-18(13-23-15(2)19(17)24)22-27-20(3,4)21(5,6)28-22/h7-13H,1-6H3. The lowest BCUT2D eigenvalue weighted by molar-refractivity contribution is 0.00578. The lowest BCUT2D eigenvalue weighted by atomic mass is 9.78. The van der Waals surface area contributed by atoms with E-state index in [4.69, 9.17) is 9.31 Å². The van der Waals surface area contributed by atoms with Crippen LogP contribution in [0, 0.1) is 13.8 Å². The van der Waals surface area contributed by atoms with E-state index in [0.29, 0.717) is 11.2 Å². The Bertz CT molecular complexity index is 1180. The average molecular weight is 412 g/mol. The molecular formula is C21H25BN2O4S. The molecule has 0 radical (unpaired) electrons. The molecule has 6 nitrogen and oxygen atoms in total. The Labute approximate surface area is 172 Å². The predicted molar refractivity (Wildman–Crippen MR) is 114 cm³/mol.